The Morgan fingerprint density at radius 3 is 2.77 bits per heavy atom. The highest BCUT2D eigenvalue weighted by molar-refractivity contribution is 5.69. The van der Waals surface area contributed by atoms with E-state index in [9.17, 15) is 5.11 Å². The van der Waals surface area contributed by atoms with E-state index in [1.165, 1.54) is 19.4 Å². The first kappa shape index (κ1) is 16.8. The minimum Gasteiger partial charge on any atom is -0.507 e. The number of likely N-dealkylation sites (tertiary alicyclic amines) is 1. The highest BCUT2D eigenvalue weighted by Gasteiger charge is 2.38. The second-order valence-corrected chi connectivity index (χ2v) is 7.28. The zero-order valence-electron chi connectivity index (χ0n) is 15.2. The fourth-order valence-corrected chi connectivity index (χ4v) is 4.13. The quantitative estimate of drug-likeness (QED) is 0.838. The van der Waals surface area contributed by atoms with Crippen LogP contribution in [-0.2, 0) is 0 Å². The van der Waals surface area contributed by atoms with Crippen molar-refractivity contribution in [2.24, 2.45) is 5.92 Å². The number of anilines is 1. The molecule has 1 aromatic heterocycles. The molecule has 26 heavy (non-hydrogen) atoms. The van der Waals surface area contributed by atoms with Gasteiger partial charge in [-0.25, -0.2) is 4.98 Å². The van der Waals surface area contributed by atoms with Crippen molar-refractivity contribution < 1.29 is 5.11 Å². The maximum Gasteiger partial charge on any atom is 0.245 e. The summed E-state index contributed by atoms with van der Waals surface area (Å²) in [4.78, 5) is 9.38. The molecule has 3 heterocycles. The number of nitrogens with zero attached hydrogens (tertiary/aromatic N) is 5. The maximum atomic E-state index is 10.3. The number of phenolic OH excluding ortho intramolecular Hbond substituents is 1. The molecule has 2 unspecified atom stereocenters. The lowest BCUT2D eigenvalue weighted by Crippen LogP contribution is -2.47. The molecule has 6 nitrogen and oxygen atoms in total. The van der Waals surface area contributed by atoms with Crippen LogP contribution in [0, 0.1) is 25.2 Å². The smallest absolute Gasteiger partial charge is 0.245 e. The van der Waals surface area contributed by atoms with Crippen molar-refractivity contribution in [2.75, 3.05) is 31.6 Å². The summed E-state index contributed by atoms with van der Waals surface area (Å²) in [6.07, 6.45) is 7.81. The molecule has 6 heteroatoms. The van der Waals surface area contributed by atoms with Crippen molar-refractivity contribution in [1.82, 2.24) is 20.1 Å². The fourth-order valence-electron chi connectivity index (χ4n) is 4.13. The highest BCUT2D eigenvalue weighted by Crippen LogP contribution is 2.34. The number of phenols is 1. The van der Waals surface area contributed by atoms with Crippen molar-refractivity contribution in [3.8, 4) is 29.4 Å². The van der Waals surface area contributed by atoms with E-state index in [1.54, 1.807) is 18.2 Å². The number of aromatic nitrogens is 3. The number of benzene rings is 1. The van der Waals surface area contributed by atoms with Crippen LogP contribution in [0.25, 0.3) is 11.3 Å². The number of hydrogen-bond acceptors (Lipinski definition) is 6. The Labute approximate surface area is 153 Å². The van der Waals surface area contributed by atoms with Crippen LogP contribution in [0.3, 0.4) is 0 Å². The summed E-state index contributed by atoms with van der Waals surface area (Å²) >= 11 is 0. The molecule has 2 fully saturated rings. The third kappa shape index (κ3) is 2.89. The summed E-state index contributed by atoms with van der Waals surface area (Å²) in [6, 6.07) is 5.58. The number of hydrogen-bond donors (Lipinski definition) is 1. The molecule has 0 amide bonds. The topological polar surface area (TPSA) is 65.4 Å². The van der Waals surface area contributed by atoms with Crippen molar-refractivity contribution in [2.45, 2.75) is 25.8 Å². The average Bonchev–Trinajstić information content (AvgIpc) is 3.05. The normalized spacial score (nSPS) is 22.9. The van der Waals surface area contributed by atoms with Gasteiger partial charge in [0, 0.05) is 30.3 Å². The van der Waals surface area contributed by atoms with Crippen LogP contribution >= 0.6 is 0 Å². The van der Waals surface area contributed by atoms with Gasteiger partial charge in [0.1, 0.15) is 11.4 Å². The van der Waals surface area contributed by atoms with Gasteiger partial charge in [0.2, 0.25) is 5.95 Å². The third-order valence-electron chi connectivity index (χ3n) is 5.59. The number of rotatable bonds is 2. The van der Waals surface area contributed by atoms with E-state index in [0.717, 1.165) is 24.7 Å². The predicted octanol–water partition coefficient (Wildman–Crippen LogP) is 2.06. The Morgan fingerprint density at radius 2 is 2.04 bits per heavy atom. The van der Waals surface area contributed by atoms with E-state index in [2.05, 4.69) is 33.0 Å². The van der Waals surface area contributed by atoms with E-state index >= 15 is 0 Å². The molecule has 0 saturated carbocycles. The van der Waals surface area contributed by atoms with E-state index in [0.29, 0.717) is 28.8 Å². The lowest BCUT2D eigenvalue weighted by molar-refractivity contribution is 0.207. The molecule has 1 aromatic carbocycles. The monoisotopic (exact) mass is 349 g/mol. The summed E-state index contributed by atoms with van der Waals surface area (Å²) in [5.74, 6) is 4.02. The van der Waals surface area contributed by atoms with E-state index in [-0.39, 0.29) is 5.75 Å². The van der Waals surface area contributed by atoms with Gasteiger partial charge in [0.05, 0.1) is 5.69 Å². The lowest BCUT2D eigenvalue weighted by atomic mass is 9.92. The van der Waals surface area contributed by atoms with Gasteiger partial charge < -0.3 is 14.9 Å². The Morgan fingerprint density at radius 1 is 1.23 bits per heavy atom. The van der Waals surface area contributed by atoms with Crippen molar-refractivity contribution in [3.05, 3.63) is 29.5 Å². The van der Waals surface area contributed by atoms with Gasteiger partial charge in [-0.3, -0.25) is 0 Å². The van der Waals surface area contributed by atoms with Gasteiger partial charge in [-0.15, -0.1) is 16.6 Å². The fraction of sp³-hybridized carbons (Fsp3) is 0.450. The molecule has 2 aliphatic rings. The van der Waals surface area contributed by atoms with Crippen LogP contribution in [0.2, 0.25) is 0 Å². The molecule has 0 spiro atoms. The van der Waals surface area contributed by atoms with Gasteiger partial charge >= 0.3 is 0 Å². The van der Waals surface area contributed by atoms with Crippen molar-refractivity contribution in [1.29, 1.82) is 0 Å². The Bertz CT molecular complexity index is 875. The van der Waals surface area contributed by atoms with Gasteiger partial charge in [-0.05, 0) is 57.5 Å². The first-order valence-corrected chi connectivity index (χ1v) is 9.03. The van der Waals surface area contributed by atoms with Gasteiger partial charge in [0.15, 0.2) is 0 Å². The van der Waals surface area contributed by atoms with Crippen LogP contribution in [0.15, 0.2) is 18.2 Å². The number of likely N-dealkylation sites (N-methyl/N-ethyl adjacent to an activating group) is 1. The number of aromatic hydroxyl groups is 1. The van der Waals surface area contributed by atoms with E-state index in [1.807, 2.05) is 6.92 Å². The zero-order chi connectivity index (χ0) is 18.3. The van der Waals surface area contributed by atoms with Crippen LogP contribution < -0.4 is 4.90 Å². The standard InChI is InChI=1S/C20H23N5O/c1-4-14-5-6-16(18(26)11-14)19-13(2)21-20(23-22-19)25-10-8-15-7-9-24(3)12-17(15)25/h1,5-6,11,15,17,26H,7-10,12H2,2-3H3. The second-order valence-electron chi connectivity index (χ2n) is 7.28. The first-order valence-electron chi connectivity index (χ1n) is 9.03. The summed E-state index contributed by atoms with van der Waals surface area (Å²) in [5.41, 5.74) is 2.58. The van der Waals surface area contributed by atoms with Gasteiger partial charge in [0.25, 0.3) is 0 Å². The maximum absolute atomic E-state index is 10.3. The molecule has 0 aliphatic carbocycles. The van der Waals surface area contributed by atoms with E-state index in [4.69, 9.17) is 11.4 Å². The van der Waals surface area contributed by atoms with Crippen molar-refractivity contribution >= 4 is 5.95 Å². The summed E-state index contributed by atoms with van der Waals surface area (Å²) < 4.78 is 0. The molecular weight excluding hydrogens is 326 g/mol. The first-order chi connectivity index (χ1) is 12.6. The number of aryl methyl sites for hydroxylation is 1. The number of piperidine rings is 1. The molecule has 134 valence electrons. The largest absolute Gasteiger partial charge is 0.507 e. The molecular formula is C20H23N5O. The van der Waals surface area contributed by atoms with Crippen molar-refractivity contribution in [3.63, 3.8) is 0 Å². The Hall–Kier alpha value is -2.65. The summed E-state index contributed by atoms with van der Waals surface area (Å²) in [5, 5.41) is 19.0. The summed E-state index contributed by atoms with van der Waals surface area (Å²) in [6.45, 7) is 5.09. The zero-order valence-corrected chi connectivity index (χ0v) is 15.2. The molecule has 2 aromatic rings. The summed E-state index contributed by atoms with van der Waals surface area (Å²) in [7, 11) is 2.17. The molecule has 0 bridgehead atoms. The third-order valence-corrected chi connectivity index (χ3v) is 5.59. The SMILES string of the molecule is C#Cc1ccc(-c2nnc(N3CCC4CCN(C)CC43)nc2C)c(O)c1. The molecule has 2 saturated heterocycles. The molecule has 1 N–H and O–H groups in total. The molecule has 2 aliphatic heterocycles. The molecule has 2 atom stereocenters. The van der Waals surface area contributed by atoms with Gasteiger partial charge in [-0.1, -0.05) is 5.92 Å². The Balaban J connectivity index is 1.64. The minimum absolute atomic E-state index is 0.0996. The second kappa shape index (κ2) is 6.58. The highest BCUT2D eigenvalue weighted by atomic mass is 16.3. The van der Waals surface area contributed by atoms with Crippen LogP contribution in [0.5, 0.6) is 5.75 Å². The van der Waals surface area contributed by atoms with Gasteiger partial charge in [-0.2, -0.15) is 0 Å². The molecule has 0 radical (unpaired) electrons. The van der Waals surface area contributed by atoms with Crippen LogP contribution in [0.1, 0.15) is 24.1 Å². The number of fused-ring (bicyclic) bond motifs is 1. The Kier molecular flexibility index (Phi) is 4.25. The minimum atomic E-state index is 0.0996. The predicted molar refractivity (Wildman–Crippen MR) is 101 cm³/mol. The lowest BCUT2D eigenvalue weighted by Gasteiger charge is -2.36. The average molecular weight is 349 g/mol. The van der Waals surface area contributed by atoms with Crippen LogP contribution in [0.4, 0.5) is 5.95 Å². The van der Waals surface area contributed by atoms with Crippen LogP contribution in [-0.4, -0.2) is 57.9 Å². The number of terminal acetylenes is 1. The molecule has 4 rings (SSSR count). The van der Waals surface area contributed by atoms with E-state index < -0.39 is 0 Å².